The topological polar surface area (TPSA) is 83.4 Å². The van der Waals surface area contributed by atoms with Crippen LogP contribution < -0.4 is 16.0 Å². The Hall–Kier alpha value is -2.60. The molecule has 1 saturated heterocycles. The van der Waals surface area contributed by atoms with Crippen LogP contribution in [0.1, 0.15) is 22.7 Å². The van der Waals surface area contributed by atoms with Gasteiger partial charge in [-0.25, -0.2) is 0 Å². The number of aryl methyl sites for hydroxylation is 1. The van der Waals surface area contributed by atoms with Gasteiger partial charge in [-0.3, -0.25) is 9.59 Å². The third-order valence-corrected chi connectivity index (χ3v) is 3.81. The highest BCUT2D eigenvalue weighted by molar-refractivity contribution is 6.02. The number of amides is 2. The van der Waals surface area contributed by atoms with Gasteiger partial charge in [0, 0.05) is 17.9 Å². The second-order valence-corrected chi connectivity index (χ2v) is 5.62. The van der Waals surface area contributed by atoms with Crippen molar-refractivity contribution >= 4 is 23.2 Å². The largest absolute Gasteiger partial charge is 0.456 e. The number of anilines is 2. The van der Waals surface area contributed by atoms with Gasteiger partial charge in [0.15, 0.2) is 5.76 Å². The molecule has 1 fully saturated rings. The zero-order valence-corrected chi connectivity index (χ0v) is 12.9. The number of hydrogen-bond donors (Lipinski definition) is 3. The monoisotopic (exact) mass is 313 g/mol. The number of hydrogen-bond acceptors (Lipinski definition) is 4. The maximum atomic E-state index is 12.0. The molecule has 0 unspecified atom stereocenters. The average Bonchev–Trinajstić information content (AvgIpc) is 3.20. The third-order valence-electron chi connectivity index (χ3n) is 3.81. The van der Waals surface area contributed by atoms with Crippen molar-refractivity contribution in [1.82, 2.24) is 5.32 Å². The fraction of sp³-hybridized carbons (Fsp3) is 0.294. The van der Waals surface area contributed by atoms with E-state index in [0.717, 1.165) is 19.5 Å². The van der Waals surface area contributed by atoms with Crippen molar-refractivity contribution in [2.45, 2.75) is 13.3 Å². The first kappa shape index (κ1) is 15.3. The summed E-state index contributed by atoms with van der Waals surface area (Å²) in [5, 5.41) is 8.81. The van der Waals surface area contributed by atoms with Crippen molar-refractivity contribution < 1.29 is 14.0 Å². The normalized spacial score (nSPS) is 17.0. The maximum Gasteiger partial charge on any atom is 0.291 e. The second-order valence-electron chi connectivity index (χ2n) is 5.62. The van der Waals surface area contributed by atoms with E-state index in [1.807, 2.05) is 0 Å². The van der Waals surface area contributed by atoms with Gasteiger partial charge in [-0.15, -0.1) is 0 Å². The van der Waals surface area contributed by atoms with Gasteiger partial charge < -0.3 is 20.4 Å². The van der Waals surface area contributed by atoms with E-state index in [1.165, 1.54) is 0 Å². The molecule has 1 aliphatic rings. The minimum Gasteiger partial charge on any atom is -0.456 e. The highest BCUT2D eigenvalue weighted by atomic mass is 16.3. The Kier molecular flexibility index (Phi) is 4.43. The number of nitrogens with one attached hydrogen (secondary N) is 3. The van der Waals surface area contributed by atoms with Crippen molar-refractivity contribution in [3.05, 3.63) is 47.9 Å². The molecule has 0 radical (unpaired) electrons. The Bertz CT molecular complexity index is 700. The Morgan fingerprint density at radius 2 is 1.78 bits per heavy atom. The van der Waals surface area contributed by atoms with E-state index in [4.69, 9.17) is 4.42 Å². The molecule has 1 aliphatic heterocycles. The molecule has 0 bridgehead atoms. The molecule has 2 amide bonds. The second kappa shape index (κ2) is 6.66. The first-order valence-electron chi connectivity index (χ1n) is 7.61. The molecule has 0 spiro atoms. The van der Waals surface area contributed by atoms with Crippen LogP contribution >= 0.6 is 0 Å². The average molecular weight is 313 g/mol. The predicted octanol–water partition coefficient (Wildman–Crippen LogP) is 2.39. The van der Waals surface area contributed by atoms with Crippen LogP contribution in [0.15, 0.2) is 40.8 Å². The number of rotatable bonds is 4. The van der Waals surface area contributed by atoms with Crippen molar-refractivity contribution in [2.75, 3.05) is 23.7 Å². The van der Waals surface area contributed by atoms with E-state index in [1.54, 1.807) is 43.3 Å². The minimum atomic E-state index is -0.299. The van der Waals surface area contributed by atoms with Crippen LogP contribution in [0.3, 0.4) is 0 Å². The standard InChI is InChI=1S/C17H19N3O3/c1-11-2-7-15(23-11)17(22)20-14-5-3-13(4-6-14)19-16(21)12-8-9-18-10-12/h2-7,12,18H,8-10H2,1H3,(H,19,21)(H,20,22)/t12-/m1/s1. The highest BCUT2D eigenvalue weighted by Crippen LogP contribution is 2.17. The Morgan fingerprint density at radius 3 is 2.35 bits per heavy atom. The highest BCUT2D eigenvalue weighted by Gasteiger charge is 2.22. The SMILES string of the molecule is Cc1ccc(C(=O)Nc2ccc(NC(=O)[C@@H]3CCNC3)cc2)o1. The molecule has 1 aromatic carbocycles. The smallest absolute Gasteiger partial charge is 0.291 e. The van der Waals surface area contributed by atoms with Gasteiger partial charge >= 0.3 is 0 Å². The lowest BCUT2D eigenvalue weighted by Gasteiger charge is -2.10. The fourth-order valence-corrected chi connectivity index (χ4v) is 2.51. The van der Waals surface area contributed by atoms with E-state index >= 15 is 0 Å². The van der Waals surface area contributed by atoms with E-state index in [2.05, 4.69) is 16.0 Å². The maximum absolute atomic E-state index is 12.0. The lowest BCUT2D eigenvalue weighted by atomic mass is 10.1. The van der Waals surface area contributed by atoms with Gasteiger partial charge in [0.25, 0.3) is 5.91 Å². The van der Waals surface area contributed by atoms with Gasteiger partial charge in [-0.2, -0.15) is 0 Å². The molecule has 2 heterocycles. The third kappa shape index (κ3) is 3.78. The first-order chi connectivity index (χ1) is 11.1. The van der Waals surface area contributed by atoms with Crippen LogP contribution in [0.5, 0.6) is 0 Å². The number of carbonyl (C=O) groups is 2. The van der Waals surface area contributed by atoms with Crippen LogP contribution in [0.25, 0.3) is 0 Å². The molecule has 3 N–H and O–H groups in total. The molecular weight excluding hydrogens is 294 g/mol. The number of carbonyl (C=O) groups excluding carboxylic acids is 2. The van der Waals surface area contributed by atoms with E-state index in [9.17, 15) is 9.59 Å². The lowest BCUT2D eigenvalue weighted by Crippen LogP contribution is -2.24. The van der Waals surface area contributed by atoms with Crippen LogP contribution in [-0.4, -0.2) is 24.9 Å². The van der Waals surface area contributed by atoms with Gasteiger partial charge in [0.1, 0.15) is 5.76 Å². The van der Waals surface area contributed by atoms with Crippen LogP contribution in [0.4, 0.5) is 11.4 Å². The van der Waals surface area contributed by atoms with Crippen LogP contribution in [-0.2, 0) is 4.79 Å². The minimum absolute atomic E-state index is 0.0246. The summed E-state index contributed by atoms with van der Waals surface area (Å²) in [5.74, 6) is 0.713. The molecule has 6 heteroatoms. The van der Waals surface area contributed by atoms with E-state index < -0.39 is 0 Å². The van der Waals surface area contributed by atoms with Gasteiger partial charge in [0.2, 0.25) is 5.91 Å². The fourth-order valence-electron chi connectivity index (χ4n) is 2.51. The van der Waals surface area contributed by atoms with Crippen LogP contribution in [0, 0.1) is 12.8 Å². The molecule has 1 aromatic heterocycles. The van der Waals surface area contributed by atoms with Crippen molar-refractivity contribution in [2.24, 2.45) is 5.92 Å². The van der Waals surface area contributed by atoms with E-state index in [-0.39, 0.29) is 23.5 Å². The molecule has 3 rings (SSSR count). The summed E-state index contributed by atoms with van der Waals surface area (Å²) in [4.78, 5) is 24.0. The molecule has 0 saturated carbocycles. The number of furan rings is 1. The summed E-state index contributed by atoms with van der Waals surface area (Å²) >= 11 is 0. The van der Waals surface area contributed by atoms with Crippen LogP contribution in [0.2, 0.25) is 0 Å². The zero-order valence-electron chi connectivity index (χ0n) is 12.9. The van der Waals surface area contributed by atoms with E-state index in [0.29, 0.717) is 17.1 Å². The molecular formula is C17H19N3O3. The summed E-state index contributed by atoms with van der Waals surface area (Å²) in [6, 6.07) is 10.4. The van der Waals surface area contributed by atoms with Crippen molar-refractivity contribution in [3.63, 3.8) is 0 Å². The molecule has 2 aromatic rings. The summed E-state index contributed by atoms with van der Waals surface area (Å²) in [6.45, 7) is 3.39. The predicted molar refractivity (Wildman–Crippen MR) is 87.4 cm³/mol. The van der Waals surface area contributed by atoms with Crippen molar-refractivity contribution in [1.29, 1.82) is 0 Å². The van der Waals surface area contributed by atoms with Gasteiger partial charge in [-0.1, -0.05) is 0 Å². The summed E-state index contributed by atoms with van der Waals surface area (Å²) < 4.78 is 5.28. The Balaban J connectivity index is 1.58. The number of benzene rings is 1. The summed E-state index contributed by atoms with van der Waals surface area (Å²) in [7, 11) is 0. The Morgan fingerprint density at radius 1 is 1.09 bits per heavy atom. The van der Waals surface area contributed by atoms with Gasteiger partial charge in [-0.05, 0) is 56.3 Å². The first-order valence-corrected chi connectivity index (χ1v) is 7.61. The lowest BCUT2D eigenvalue weighted by molar-refractivity contribution is -0.119. The zero-order chi connectivity index (χ0) is 16.2. The Labute approximate surface area is 134 Å². The molecule has 120 valence electrons. The van der Waals surface area contributed by atoms with Gasteiger partial charge in [0.05, 0.1) is 5.92 Å². The molecule has 0 aliphatic carbocycles. The summed E-state index contributed by atoms with van der Waals surface area (Å²) in [5.41, 5.74) is 1.36. The quantitative estimate of drug-likeness (QED) is 0.809. The molecule has 1 atom stereocenters. The molecule has 6 nitrogen and oxygen atoms in total. The van der Waals surface area contributed by atoms with Crippen molar-refractivity contribution in [3.8, 4) is 0 Å². The molecule has 23 heavy (non-hydrogen) atoms. The summed E-state index contributed by atoms with van der Waals surface area (Å²) in [6.07, 6.45) is 0.864.